The van der Waals surface area contributed by atoms with Gasteiger partial charge < -0.3 is 9.84 Å². The van der Waals surface area contributed by atoms with Crippen LogP contribution in [0.4, 0.5) is 10.5 Å². The van der Waals surface area contributed by atoms with Crippen molar-refractivity contribution in [3.8, 4) is 16.9 Å². The minimum absolute atomic E-state index is 0.0595. The summed E-state index contributed by atoms with van der Waals surface area (Å²) < 4.78 is 4.63. The van der Waals surface area contributed by atoms with Crippen LogP contribution in [0.25, 0.3) is 11.1 Å². The van der Waals surface area contributed by atoms with Gasteiger partial charge in [0.05, 0.1) is 10.5 Å². The summed E-state index contributed by atoms with van der Waals surface area (Å²) in [5.41, 5.74) is 0.561. The molecule has 0 atom stereocenters. The Hall–Kier alpha value is -2.89. The molecule has 0 aliphatic rings. The van der Waals surface area contributed by atoms with Gasteiger partial charge in [0.2, 0.25) is 0 Å². The van der Waals surface area contributed by atoms with E-state index in [1.807, 2.05) is 0 Å². The third-order valence-corrected chi connectivity index (χ3v) is 2.48. The fourth-order valence-electron chi connectivity index (χ4n) is 1.73. The van der Waals surface area contributed by atoms with Crippen LogP contribution in [0.2, 0.25) is 0 Å². The first-order chi connectivity index (χ1) is 9.09. The van der Waals surface area contributed by atoms with Gasteiger partial charge in [0.1, 0.15) is 5.75 Å². The van der Waals surface area contributed by atoms with Crippen LogP contribution in [-0.2, 0) is 0 Å². The van der Waals surface area contributed by atoms with E-state index in [4.69, 9.17) is 5.11 Å². The molecule has 0 radical (unpaired) electrons. The standard InChI is InChI=1S/C13H9NO5/c15-13(16)19-12-8-4-2-6-10(12)9-5-1-3-7-11(9)14(17)18/h1-8H,(H,15,16). The normalized spacial score (nSPS) is 9.89. The molecule has 96 valence electrons. The van der Waals surface area contributed by atoms with E-state index < -0.39 is 11.1 Å². The van der Waals surface area contributed by atoms with E-state index in [2.05, 4.69) is 4.74 Å². The van der Waals surface area contributed by atoms with E-state index in [1.165, 1.54) is 12.1 Å². The zero-order chi connectivity index (χ0) is 13.8. The topological polar surface area (TPSA) is 89.7 Å². The highest BCUT2D eigenvalue weighted by molar-refractivity contribution is 5.80. The summed E-state index contributed by atoms with van der Waals surface area (Å²) in [6.45, 7) is 0. The number of hydrogen-bond donors (Lipinski definition) is 1. The summed E-state index contributed by atoms with van der Waals surface area (Å²) in [6, 6.07) is 12.3. The van der Waals surface area contributed by atoms with Gasteiger partial charge in [-0.25, -0.2) is 4.79 Å². The molecule has 19 heavy (non-hydrogen) atoms. The summed E-state index contributed by atoms with van der Waals surface area (Å²) in [4.78, 5) is 21.1. The van der Waals surface area contributed by atoms with Crippen LogP contribution in [-0.4, -0.2) is 16.2 Å². The number of hydrogen-bond acceptors (Lipinski definition) is 4. The molecule has 0 aliphatic carbocycles. The van der Waals surface area contributed by atoms with Gasteiger partial charge in [-0.3, -0.25) is 10.1 Å². The molecular formula is C13H9NO5. The number of ether oxygens (including phenoxy) is 1. The van der Waals surface area contributed by atoms with Gasteiger partial charge in [0, 0.05) is 11.6 Å². The molecular weight excluding hydrogens is 250 g/mol. The third-order valence-electron chi connectivity index (χ3n) is 2.48. The Morgan fingerprint density at radius 1 is 1.05 bits per heavy atom. The van der Waals surface area contributed by atoms with E-state index in [9.17, 15) is 14.9 Å². The lowest BCUT2D eigenvalue weighted by atomic mass is 10.0. The second-order valence-corrected chi connectivity index (χ2v) is 3.64. The molecule has 6 heteroatoms. The minimum atomic E-state index is -1.47. The first-order valence-corrected chi connectivity index (χ1v) is 5.33. The monoisotopic (exact) mass is 259 g/mol. The molecule has 0 fully saturated rings. The molecule has 0 heterocycles. The predicted molar refractivity (Wildman–Crippen MR) is 67.2 cm³/mol. The number of benzene rings is 2. The Kier molecular flexibility index (Phi) is 3.42. The van der Waals surface area contributed by atoms with Crippen molar-refractivity contribution < 1.29 is 19.6 Å². The van der Waals surface area contributed by atoms with E-state index in [0.717, 1.165) is 0 Å². The fraction of sp³-hybridized carbons (Fsp3) is 0. The van der Waals surface area contributed by atoms with Crippen LogP contribution in [0.3, 0.4) is 0 Å². The third kappa shape index (κ3) is 2.68. The van der Waals surface area contributed by atoms with Crippen molar-refractivity contribution in [3.05, 3.63) is 58.6 Å². The molecule has 6 nitrogen and oxygen atoms in total. The first kappa shape index (κ1) is 12.6. The maximum Gasteiger partial charge on any atom is 0.511 e. The van der Waals surface area contributed by atoms with Crippen LogP contribution < -0.4 is 4.74 Å². The van der Waals surface area contributed by atoms with Crippen molar-refractivity contribution in [2.75, 3.05) is 0 Å². The summed E-state index contributed by atoms with van der Waals surface area (Å²) in [5.74, 6) is 0.0595. The molecule has 2 aromatic carbocycles. The second kappa shape index (κ2) is 5.18. The van der Waals surface area contributed by atoms with E-state index >= 15 is 0 Å². The van der Waals surface area contributed by atoms with Gasteiger partial charge in [-0.2, -0.15) is 0 Å². The first-order valence-electron chi connectivity index (χ1n) is 5.33. The van der Waals surface area contributed by atoms with Gasteiger partial charge in [0.15, 0.2) is 0 Å². The Balaban J connectivity index is 2.59. The van der Waals surface area contributed by atoms with Crippen molar-refractivity contribution in [1.82, 2.24) is 0 Å². The summed E-state index contributed by atoms with van der Waals surface area (Å²) in [7, 11) is 0. The largest absolute Gasteiger partial charge is 0.511 e. The quantitative estimate of drug-likeness (QED) is 0.395. The Bertz CT molecular complexity index is 638. The van der Waals surface area contributed by atoms with Crippen molar-refractivity contribution in [1.29, 1.82) is 0 Å². The van der Waals surface area contributed by atoms with Gasteiger partial charge in [-0.1, -0.05) is 30.3 Å². The number of para-hydroxylation sites is 2. The zero-order valence-electron chi connectivity index (χ0n) is 9.65. The highest BCUT2D eigenvalue weighted by Gasteiger charge is 2.18. The maximum absolute atomic E-state index is 11.0. The number of carbonyl (C=O) groups is 1. The zero-order valence-corrected chi connectivity index (χ0v) is 9.65. The van der Waals surface area contributed by atoms with Crippen LogP contribution >= 0.6 is 0 Å². The average Bonchev–Trinajstić information content (AvgIpc) is 2.38. The molecule has 0 aromatic heterocycles. The highest BCUT2D eigenvalue weighted by Crippen LogP contribution is 2.35. The van der Waals surface area contributed by atoms with Crippen molar-refractivity contribution in [2.24, 2.45) is 0 Å². The fourth-order valence-corrected chi connectivity index (χ4v) is 1.73. The Labute approximate surface area is 108 Å². The van der Waals surface area contributed by atoms with E-state index in [1.54, 1.807) is 36.4 Å². The lowest BCUT2D eigenvalue weighted by Gasteiger charge is -2.08. The molecule has 0 aliphatic heterocycles. The lowest BCUT2D eigenvalue weighted by Crippen LogP contribution is -2.04. The molecule has 2 aromatic rings. The van der Waals surface area contributed by atoms with Gasteiger partial charge in [0.25, 0.3) is 5.69 Å². The molecule has 0 saturated carbocycles. The van der Waals surface area contributed by atoms with Gasteiger partial charge in [-0.15, -0.1) is 0 Å². The molecule has 0 amide bonds. The van der Waals surface area contributed by atoms with Gasteiger partial charge >= 0.3 is 6.16 Å². The van der Waals surface area contributed by atoms with Crippen LogP contribution in [0.5, 0.6) is 5.75 Å². The second-order valence-electron chi connectivity index (χ2n) is 3.64. The van der Waals surface area contributed by atoms with Crippen LogP contribution in [0.1, 0.15) is 0 Å². The number of carboxylic acid groups (broad SMARTS) is 1. The molecule has 0 spiro atoms. The SMILES string of the molecule is O=C(O)Oc1ccccc1-c1ccccc1[N+](=O)[O-]. The van der Waals surface area contributed by atoms with E-state index in [-0.39, 0.29) is 11.4 Å². The molecule has 0 saturated heterocycles. The average molecular weight is 259 g/mol. The maximum atomic E-state index is 11.0. The molecule has 2 rings (SSSR count). The van der Waals surface area contributed by atoms with Crippen molar-refractivity contribution in [3.63, 3.8) is 0 Å². The minimum Gasteiger partial charge on any atom is -0.449 e. The summed E-state index contributed by atoms with van der Waals surface area (Å²) in [5, 5.41) is 19.6. The Morgan fingerprint density at radius 2 is 1.63 bits per heavy atom. The number of nitro benzene ring substituents is 1. The van der Waals surface area contributed by atoms with E-state index in [0.29, 0.717) is 11.1 Å². The van der Waals surface area contributed by atoms with Crippen LogP contribution in [0, 0.1) is 10.1 Å². The predicted octanol–water partition coefficient (Wildman–Crippen LogP) is 3.32. The number of nitrogens with zero attached hydrogens (tertiary/aromatic N) is 1. The summed E-state index contributed by atoms with van der Waals surface area (Å²) >= 11 is 0. The Morgan fingerprint density at radius 3 is 2.26 bits per heavy atom. The highest BCUT2D eigenvalue weighted by atomic mass is 16.7. The number of rotatable bonds is 3. The molecule has 0 bridgehead atoms. The molecule has 0 unspecified atom stereocenters. The summed E-state index contributed by atoms with van der Waals surface area (Å²) in [6.07, 6.45) is -1.47. The lowest BCUT2D eigenvalue weighted by molar-refractivity contribution is -0.384. The molecule has 1 N–H and O–H groups in total. The van der Waals surface area contributed by atoms with Gasteiger partial charge in [-0.05, 0) is 12.1 Å². The smallest absolute Gasteiger partial charge is 0.449 e. The van der Waals surface area contributed by atoms with Crippen LogP contribution in [0.15, 0.2) is 48.5 Å². The number of nitro groups is 1. The van der Waals surface area contributed by atoms with Crippen molar-refractivity contribution >= 4 is 11.8 Å². The van der Waals surface area contributed by atoms with Crippen molar-refractivity contribution in [2.45, 2.75) is 0 Å².